The topological polar surface area (TPSA) is 117 Å². The standard InChI is InChI=1S/C12H11N3O5/c1-5-7(8-9(16)13-4-14-10(8)20-5)11(17)15-2-6(3-15)12(18)19/h4,6H,2-3H2,1H3,(H,18,19)(H,13,14,16). The van der Waals surface area contributed by atoms with Crippen LogP contribution >= 0.6 is 0 Å². The quantitative estimate of drug-likeness (QED) is 0.796. The Hall–Kier alpha value is -2.64. The van der Waals surface area contributed by atoms with Gasteiger partial charge in [0.15, 0.2) is 0 Å². The molecule has 0 atom stereocenters. The first kappa shape index (κ1) is 12.4. The molecule has 8 nitrogen and oxygen atoms in total. The number of amides is 1. The predicted octanol–water partition coefficient (Wildman–Crippen LogP) is -0.0189. The number of nitrogens with one attached hydrogen (secondary N) is 1. The van der Waals surface area contributed by atoms with E-state index in [0.29, 0.717) is 5.76 Å². The molecule has 0 radical (unpaired) electrons. The van der Waals surface area contributed by atoms with Crippen molar-refractivity contribution < 1.29 is 19.1 Å². The van der Waals surface area contributed by atoms with E-state index >= 15 is 0 Å². The summed E-state index contributed by atoms with van der Waals surface area (Å²) in [5.41, 5.74) is -0.200. The van der Waals surface area contributed by atoms with Gasteiger partial charge >= 0.3 is 5.97 Å². The second-order valence-electron chi connectivity index (χ2n) is 4.69. The molecule has 0 bridgehead atoms. The molecule has 2 aromatic heterocycles. The lowest BCUT2D eigenvalue weighted by Gasteiger charge is -2.36. The molecule has 3 rings (SSSR count). The third-order valence-corrected chi connectivity index (χ3v) is 3.40. The van der Waals surface area contributed by atoms with Crippen molar-refractivity contribution >= 4 is 23.0 Å². The van der Waals surface area contributed by atoms with Crippen molar-refractivity contribution in [3.05, 3.63) is 28.0 Å². The highest BCUT2D eigenvalue weighted by Crippen LogP contribution is 2.25. The van der Waals surface area contributed by atoms with E-state index < -0.39 is 23.4 Å². The Morgan fingerprint density at radius 2 is 2.20 bits per heavy atom. The molecule has 0 aromatic carbocycles. The molecule has 8 heteroatoms. The number of nitrogens with zero attached hydrogens (tertiary/aromatic N) is 2. The number of furan rings is 1. The predicted molar refractivity (Wildman–Crippen MR) is 66.4 cm³/mol. The Kier molecular flexibility index (Phi) is 2.60. The lowest BCUT2D eigenvalue weighted by Crippen LogP contribution is -2.53. The number of aromatic nitrogens is 2. The van der Waals surface area contributed by atoms with Crippen molar-refractivity contribution in [1.29, 1.82) is 0 Å². The molecule has 0 aliphatic carbocycles. The van der Waals surface area contributed by atoms with E-state index in [1.54, 1.807) is 6.92 Å². The summed E-state index contributed by atoms with van der Waals surface area (Å²) >= 11 is 0. The van der Waals surface area contributed by atoms with Gasteiger partial charge in [-0.1, -0.05) is 0 Å². The Morgan fingerprint density at radius 3 is 2.85 bits per heavy atom. The molecule has 3 heterocycles. The van der Waals surface area contributed by atoms with Crippen LogP contribution in [0.4, 0.5) is 0 Å². The number of carbonyl (C=O) groups excluding carboxylic acids is 1. The largest absolute Gasteiger partial charge is 0.481 e. The van der Waals surface area contributed by atoms with Crippen molar-refractivity contribution in [3.8, 4) is 0 Å². The fraction of sp³-hybridized carbons (Fsp3) is 0.333. The first-order chi connectivity index (χ1) is 9.49. The van der Waals surface area contributed by atoms with Crippen molar-refractivity contribution in [2.45, 2.75) is 6.92 Å². The fourth-order valence-electron chi connectivity index (χ4n) is 2.27. The summed E-state index contributed by atoms with van der Waals surface area (Å²) in [4.78, 5) is 42.5. The number of hydrogen-bond donors (Lipinski definition) is 2. The second-order valence-corrected chi connectivity index (χ2v) is 4.69. The average molecular weight is 277 g/mol. The van der Waals surface area contributed by atoms with Gasteiger partial charge in [-0.3, -0.25) is 14.4 Å². The summed E-state index contributed by atoms with van der Waals surface area (Å²) in [7, 11) is 0. The van der Waals surface area contributed by atoms with Gasteiger partial charge in [-0.05, 0) is 6.92 Å². The molecule has 1 amide bonds. The van der Waals surface area contributed by atoms with Gasteiger partial charge in [0.05, 0.1) is 17.8 Å². The molecule has 1 aliphatic rings. The van der Waals surface area contributed by atoms with Crippen molar-refractivity contribution in [3.63, 3.8) is 0 Å². The minimum atomic E-state index is -0.928. The molecule has 20 heavy (non-hydrogen) atoms. The number of aromatic amines is 1. The van der Waals surface area contributed by atoms with Gasteiger partial charge in [0, 0.05) is 13.1 Å². The maximum Gasteiger partial charge on any atom is 0.310 e. The number of likely N-dealkylation sites (tertiary alicyclic amines) is 1. The van der Waals surface area contributed by atoms with E-state index in [2.05, 4.69) is 9.97 Å². The highest BCUT2D eigenvalue weighted by atomic mass is 16.4. The van der Waals surface area contributed by atoms with E-state index in [1.165, 1.54) is 11.2 Å². The second kappa shape index (κ2) is 4.19. The zero-order chi connectivity index (χ0) is 14.4. The molecule has 0 saturated carbocycles. The number of aryl methyl sites for hydroxylation is 1. The summed E-state index contributed by atoms with van der Waals surface area (Å²) in [6, 6.07) is 0. The van der Waals surface area contributed by atoms with Crippen LogP contribution in [0, 0.1) is 12.8 Å². The lowest BCUT2D eigenvalue weighted by atomic mass is 9.99. The fourth-order valence-corrected chi connectivity index (χ4v) is 2.27. The SMILES string of the molecule is Cc1oc2nc[nH]c(=O)c2c1C(=O)N1CC(C(=O)O)C1. The number of H-pyrrole nitrogens is 1. The lowest BCUT2D eigenvalue weighted by molar-refractivity contribution is -0.146. The van der Waals surface area contributed by atoms with Crippen LogP contribution in [0.1, 0.15) is 16.1 Å². The number of carbonyl (C=O) groups is 2. The monoisotopic (exact) mass is 277 g/mol. The molecule has 2 N–H and O–H groups in total. The molecular weight excluding hydrogens is 266 g/mol. The van der Waals surface area contributed by atoms with Gasteiger partial charge in [0.1, 0.15) is 11.1 Å². The van der Waals surface area contributed by atoms with Crippen molar-refractivity contribution in [1.82, 2.24) is 14.9 Å². The summed E-state index contributed by atoms with van der Waals surface area (Å²) in [5.74, 6) is -1.58. The minimum Gasteiger partial charge on any atom is -0.481 e. The summed E-state index contributed by atoms with van der Waals surface area (Å²) in [6.07, 6.45) is 1.20. The van der Waals surface area contributed by atoms with Crippen molar-refractivity contribution in [2.75, 3.05) is 13.1 Å². The Labute approximate surface area is 112 Å². The van der Waals surface area contributed by atoms with Crippen LogP contribution < -0.4 is 5.56 Å². The van der Waals surface area contributed by atoms with Gasteiger partial charge < -0.3 is 19.4 Å². The van der Waals surface area contributed by atoms with Crippen LogP contribution in [0.2, 0.25) is 0 Å². The summed E-state index contributed by atoms with van der Waals surface area (Å²) in [5, 5.41) is 8.92. The first-order valence-electron chi connectivity index (χ1n) is 5.98. The molecule has 1 aliphatic heterocycles. The third-order valence-electron chi connectivity index (χ3n) is 3.40. The Bertz CT molecular complexity index is 769. The molecule has 0 unspecified atom stereocenters. The Morgan fingerprint density at radius 1 is 1.50 bits per heavy atom. The first-order valence-corrected chi connectivity index (χ1v) is 5.98. The summed E-state index contributed by atoms with van der Waals surface area (Å²) < 4.78 is 5.30. The number of carboxylic acid groups (broad SMARTS) is 1. The van der Waals surface area contributed by atoms with Crippen LogP contribution in [-0.4, -0.2) is 44.9 Å². The normalized spacial score (nSPS) is 15.3. The molecule has 1 fully saturated rings. The van der Waals surface area contributed by atoms with Gasteiger partial charge in [-0.2, -0.15) is 0 Å². The van der Waals surface area contributed by atoms with Gasteiger partial charge in [-0.15, -0.1) is 0 Å². The zero-order valence-corrected chi connectivity index (χ0v) is 10.5. The summed E-state index contributed by atoms with van der Waals surface area (Å²) in [6.45, 7) is 1.85. The van der Waals surface area contributed by atoms with E-state index in [4.69, 9.17) is 9.52 Å². The maximum absolute atomic E-state index is 12.3. The molecule has 104 valence electrons. The van der Waals surface area contributed by atoms with E-state index in [1.807, 2.05) is 0 Å². The third kappa shape index (κ3) is 1.68. The Balaban J connectivity index is 1.99. The van der Waals surface area contributed by atoms with Crippen molar-refractivity contribution in [2.24, 2.45) is 5.92 Å². The van der Waals surface area contributed by atoms with Gasteiger partial charge in [-0.25, -0.2) is 4.98 Å². The van der Waals surface area contributed by atoms with Gasteiger partial charge in [0.2, 0.25) is 5.71 Å². The minimum absolute atomic E-state index is 0.102. The van der Waals surface area contributed by atoms with Gasteiger partial charge in [0.25, 0.3) is 11.5 Å². The van der Waals surface area contributed by atoms with Crippen LogP contribution in [-0.2, 0) is 4.79 Å². The zero-order valence-electron chi connectivity index (χ0n) is 10.5. The van der Waals surface area contributed by atoms with E-state index in [0.717, 1.165) is 0 Å². The van der Waals surface area contributed by atoms with Crippen LogP contribution in [0.3, 0.4) is 0 Å². The number of hydrogen-bond acceptors (Lipinski definition) is 5. The van der Waals surface area contributed by atoms with E-state index in [-0.39, 0.29) is 29.8 Å². The molecule has 2 aromatic rings. The van der Waals surface area contributed by atoms with Crippen LogP contribution in [0.5, 0.6) is 0 Å². The smallest absolute Gasteiger partial charge is 0.310 e. The highest BCUT2D eigenvalue weighted by molar-refractivity contribution is 6.06. The average Bonchev–Trinajstić information content (AvgIpc) is 2.64. The number of fused-ring (bicyclic) bond motifs is 1. The number of carboxylic acids is 1. The van der Waals surface area contributed by atoms with E-state index in [9.17, 15) is 14.4 Å². The molecular formula is C12H11N3O5. The van der Waals surface area contributed by atoms with Crippen LogP contribution in [0.25, 0.3) is 11.1 Å². The highest BCUT2D eigenvalue weighted by Gasteiger charge is 2.38. The van der Waals surface area contributed by atoms with Crippen LogP contribution in [0.15, 0.2) is 15.5 Å². The molecule has 1 saturated heterocycles. The maximum atomic E-state index is 12.3. The number of aliphatic carboxylic acids is 1. The molecule has 0 spiro atoms. The number of rotatable bonds is 2.